The Labute approximate surface area is 92.1 Å². The Morgan fingerprint density at radius 3 is 2.87 bits per heavy atom. The van der Waals surface area contributed by atoms with Gasteiger partial charge in [0, 0.05) is 13.2 Å². The lowest BCUT2D eigenvalue weighted by molar-refractivity contribution is 0.0698. The summed E-state index contributed by atoms with van der Waals surface area (Å²) >= 11 is 3.20. The minimum absolute atomic E-state index is 0.0828. The van der Waals surface area contributed by atoms with Gasteiger partial charge in [-0.25, -0.2) is 4.79 Å². The van der Waals surface area contributed by atoms with Gasteiger partial charge in [-0.05, 0) is 15.9 Å². The average Bonchev–Trinajstić information content (AvgIpc) is 2.58. The maximum Gasteiger partial charge on any atom is 0.339 e. The summed E-state index contributed by atoms with van der Waals surface area (Å²) in [7, 11) is 1.55. The van der Waals surface area contributed by atoms with Crippen LogP contribution in [-0.4, -0.2) is 15.6 Å². The van der Waals surface area contributed by atoms with Crippen molar-refractivity contribution in [1.82, 2.24) is 4.57 Å². The van der Waals surface area contributed by atoms with E-state index in [2.05, 4.69) is 15.9 Å². The van der Waals surface area contributed by atoms with Crippen molar-refractivity contribution in [2.24, 2.45) is 7.05 Å². The fraction of sp³-hybridized carbons (Fsp3) is 0.111. The molecule has 0 aromatic carbocycles. The van der Waals surface area contributed by atoms with Gasteiger partial charge in [0.25, 0.3) is 5.56 Å². The molecule has 0 unspecified atom stereocenters. The molecule has 0 bridgehead atoms. The van der Waals surface area contributed by atoms with Crippen LogP contribution in [-0.2, 0) is 7.05 Å². The molecule has 0 aliphatic carbocycles. The molecule has 0 spiro atoms. The van der Waals surface area contributed by atoms with Crippen LogP contribution in [0.5, 0.6) is 0 Å². The van der Waals surface area contributed by atoms with Gasteiger partial charge in [-0.15, -0.1) is 0 Å². The Balaban J connectivity index is 3.02. The first-order chi connectivity index (χ1) is 7.02. The summed E-state index contributed by atoms with van der Waals surface area (Å²) in [6.45, 7) is 0. The van der Waals surface area contributed by atoms with E-state index in [0.29, 0.717) is 4.47 Å². The highest BCUT2D eigenvalue weighted by Gasteiger charge is 2.18. The number of halogens is 1. The summed E-state index contributed by atoms with van der Waals surface area (Å²) < 4.78 is 6.88. The smallest absolute Gasteiger partial charge is 0.339 e. The number of aromatic nitrogens is 1. The van der Waals surface area contributed by atoms with Gasteiger partial charge in [0.2, 0.25) is 0 Å². The van der Waals surface area contributed by atoms with E-state index in [0.717, 1.165) is 6.26 Å². The number of nitrogens with zero attached hydrogens (tertiary/aromatic N) is 1. The molecule has 0 radical (unpaired) electrons. The largest absolute Gasteiger partial charge is 0.478 e. The van der Waals surface area contributed by atoms with Gasteiger partial charge in [-0.1, -0.05) is 0 Å². The summed E-state index contributed by atoms with van der Waals surface area (Å²) in [6, 6.07) is 0. The molecule has 0 fully saturated rings. The van der Waals surface area contributed by atoms with E-state index in [-0.39, 0.29) is 22.1 Å². The van der Waals surface area contributed by atoms with E-state index in [4.69, 9.17) is 9.52 Å². The predicted molar refractivity (Wildman–Crippen MR) is 56.1 cm³/mol. The third kappa shape index (κ3) is 1.37. The molecule has 2 aromatic heterocycles. The Kier molecular flexibility index (Phi) is 2.15. The van der Waals surface area contributed by atoms with Gasteiger partial charge in [0.1, 0.15) is 17.2 Å². The second kappa shape index (κ2) is 3.23. The number of hydrogen-bond acceptors (Lipinski definition) is 3. The van der Waals surface area contributed by atoms with E-state index in [1.165, 1.54) is 10.8 Å². The van der Waals surface area contributed by atoms with Gasteiger partial charge in [-0.2, -0.15) is 0 Å². The van der Waals surface area contributed by atoms with E-state index >= 15 is 0 Å². The zero-order chi connectivity index (χ0) is 11.2. The first-order valence-corrected chi connectivity index (χ1v) is 4.81. The Morgan fingerprint density at radius 2 is 2.27 bits per heavy atom. The number of carboxylic acid groups (broad SMARTS) is 1. The number of pyridine rings is 1. The lowest BCUT2D eigenvalue weighted by Gasteiger charge is -1.98. The van der Waals surface area contributed by atoms with Gasteiger partial charge in [-0.3, -0.25) is 4.79 Å². The number of hydrogen-bond donors (Lipinski definition) is 1. The van der Waals surface area contributed by atoms with Crippen LogP contribution in [0.4, 0.5) is 0 Å². The maximum atomic E-state index is 11.7. The highest BCUT2D eigenvalue weighted by atomic mass is 79.9. The summed E-state index contributed by atoms with van der Waals surface area (Å²) in [4.78, 5) is 22.5. The van der Waals surface area contributed by atoms with Crippen molar-refractivity contribution in [3.63, 3.8) is 0 Å². The number of aromatic carboxylic acids is 1. The van der Waals surface area contributed by atoms with Crippen LogP contribution in [0, 0.1) is 0 Å². The number of carboxylic acids is 1. The first-order valence-electron chi connectivity index (χ1n) is 4.02. The van der Waals surface area contributed by atoms with Crippen LogP contribution in [0.3, 0.4) is 0 Å². The number of furan rings is 1. The number of rotatable bonds is 1. The number of carbonyl (C=O) groups is 1. The van der Waals surface area contributed by atoms with Gasteiger partial charge in [0.15, 0.2) is 5.58 Å². The lowest BCUT2D eigenvalue weighted by Crippen LogP contribution is -2.17. The standard InChI is InChI=1S/C9H6BrNO4/c1-11-2-5(10)7-6(8(11)12)4(3-15-7)9(13)14/h2-3H,1H3,(H,13,14). The zero-order valence-corrected chi connectivity index (χ0v) is 9.24. The second-order valence-corrected chi connectivity index (χ2v) is 3.91. The normalized spacial score (nSPS) is 10.8. The highest BCUT2D eigenvalue weighted by Crippen LogP contribution is 2.25. The molecule has 78 valence electrons. The molecule has 2 aromatic rings. The zero-order valence-electron chi connectivity index (χ0n) is 7.65. The third-order valence-electron chi connectivity index (χ3n) is 2.08. The average molecular weight is 272 g/mol. The van der Waals surface area contributed by atoms with E-state index in [1.54, 1.807) is 7.05 Å². The van der Waals surface area contributed by atoms with Crippen molar-refractivity contribution >= 4 is 32.9 Å². The molecule has 15 heavy (non-hydrogen) atoms. The van der Waals surface area contributed by atoms with Crippen molar-refractivity contribution in [2.45, 2.75) is 0 Å². The molecule has 1 N–H and O–H groups in total. The SMILES string of the molecule is Cn1cc(Br)c2occ(C(=O)O)c2c1=O. The van der Waals surface area contributed by atoms with Crippen LogP contribution in [0.25, 0.3) is 11.0 Å². The Bertz CT molecular complexity index is 610. The molecule has 0 saturated carbocycles. The van der Waals surface area contributed by atoms with Crippen molar-refractivity contribution in [3.8, 4) is 0 Å². The summed E-state index contributed by atoms with van der Waals surface area (Å²) in [5.74, 6) is -1.18. The molecule has 2 heterocycles. The molecule has 0 amide bonds. The quantitative estimate of drug-likeness (QED) is 0.855. The fourth-order valence-electron chi connectivity index (χ4n) is 1.37. The molecular weight excluding hydrogens is 266 g/mol. The summed E-state index contributed by atoms with van der Waals surface area (Å²) in [5, 5.41) is 8.94. The molecule has 0 atom stereocenters. The van der Waals surface area contributed by atoms with Crippen molar-refractivity contribution in [2.75, 3.05) is 0 Å². The van der Waals surface area contributed by atoms with Crippen LogP contribution in [0.15, 0.2) is 26.1 Å². The molecule has 5 nitrogen and oxygen atoms in total. The highest BCUT2D eigenvalue weighted by molar-refractivity contribution is 9.10. The summed E-state index contributed by atoms with van der Waals surface area (Å²) in [5.41, 5.74) is -0.248. The van der Waals surface area contributed by atoms with Crippen molar-refractivity contribution in [3.05, 3.63) is 32.8 Å². The second-order valence-electron chi connectivity index (χ2n) is 3.05. The van der Waals surface area contributed by atoms with E-state index in [1.807, 2.05) is 0 Å². The fourth-order valence-corrected chi connectivity index (χ4v) is 1.97. The van der Waals surface area contributed by atoms with Crippen LogP contribution >= 0.6 is 15.9 Å². The van der Waals surface area contributed by atoms with Gasteiger partial charge >= 0.3 is 5.97 Å². The molecule has 0 aliphatic heterocycles. The number of fused-ring (bicyclic) bond motifs is 1. The summed E-state index contributed by atoms with van der Waals surface area (Å²) in [6.07, 6.45) is 2.60. The molecule has 0 saturated heterocycles. The third-order valence-corrected chi connectivity index (χ3v) is 2.64. The Morgan fingerprint density at radius 1 is 1.60 bits per heavy atom. The van der Waals surface area contributed by atoms with Crippen LogP contribution < -0.4 is 5.56 Å². The van der Waals surface area contributed by atoms with Crippen molar-refractivity contribution < 1.29 is 14.3 Å². The minimum atomic E-state index is -1.18. The molecule has 6 heteroatoms. The molecule has 0 aliphatic rings. The van der Waals surface area contributed by atoms with E-state index in [9.17, 15) is 9.59 Å². The maximum absolute atomic E-state index is 11.7. The van der Waals surface area contributed by atoms with Gasteiger partial charge in [0.05, 0.1) is 4.47 Å². The topological polar surface area (TPSA) is 72.4 Å². The Hall–Kier alpha value is -1.56. The van der Waals surface area contributed by atoms with Crippen LogP contribution in [0.1, 0.15) is 10.4 Å². The lowest BCUT2D eigenvalue weighted by atomic mass is 10.2. The van der Waals surface area contributed by atoms with E-state index < -0.39 is 5.97 Å². The minimum Gasteiger partial charge on any atom is -0.478 e. The molecule has 2 rings (SSSR count). The predicted octanol–water partition coefficient (Wildman–Crippen LogP) is 1.59. The first kappa shape index (κ1) is 9.97. The number of aryl methyl sites for hydroxylation is 1. The molecular formula is C9H6BrNO4. The van der Waals surface area contributed by atoms with Crippen molar-refractivity contribution in [1.29, 1.82) is 0 Å². The van der Waals surface area contributed by atoms with Gasteiger partial charge < -0.3 is 14.1 Å². The monoisotopic (exact) mass is 271 g/mol. The van der Waals surface area contributed by atoms with Crippen LogP contribution in [0.2, 0.25) is 0 Å².